The summed E-state index contributed by atoms with van der Waals surface area (Å²) >= 11 is 9.84. The highest BCUT2D eigenvalue weighted by Crippen LogP contribution is 2.21. The fraction of sp³-hybridized carbons (Fsp3) is 0.333. The van der Waals surface area contributed by atoms with Crippen molar-refractivity contribution < 1.29 is 9.59 Å². The van der Waals surface area contributed by atoms with Crippen LogP contribution < -0.4 is 10.9 Å². The number of nitrogens with one attached hydrogen (secondary N) is 2. The van der Waals surface area contributed by atoms with Crippen LogP contribution in [0.1, 0.15) is 48.3 Å². The largest absolute Gasteiger partial charge is 0.273 e. The summed E-state index contributed by atoms with van der Waals surface area (Å²) < 4.78 is 2.05. The summed E-state index contributed by atoms with van der Waals surface area (Å²) in [5, 5.41) is 7.88. The van der Waals surface area contributed by atoms with Gasteiger partial charge in [-0.05, 0) is 69.0 Å². The molecule has 0 atom stereocenters. The molecular formula is C18H20Br2N4O2S2. The number of nitrogens with zero attached hydrogens (tertiary/aromatic N) is 2. The fourth-order valence-electron chi connectivity index (χ4n) is 2.17. The van der Waals surface area contributed by atoms with Gasteiger partial charge in [-0.2, -0.15) is 10.2 Å². The van der Waals surface area contributed by atoms with Gasteiger partial charge in [0.15, 0.2) is 0 Å². The minimum absolute atomic E-state index is 0.0980. The van der Waals surface area contributed by atoms with Gasteiger partial charge in [0.1, 0.15) is 0 Å². The molecule has 0 radical (unpaired) electrons. The molecule has 2 heterocycles. The lowest BCUT2D eigenvalue weighted by atomic mass is 10.1. The summed E-state index contributed by atoms with van der Waals surface area (Å²) in [5.74, 6) is -0.196. The third kappa shape index (κ3) is 9.72. The van der Waals surface area contributed by atoms with Gasteiger partial charge >= 0.3 is 0 Å². The number of carbonyl (C=O) groups excluding carboxylic acids is 2. The molecule has 0 saturated heterocycles. The SMILES string of the molecule is O=C(CCCCCCC(=O)NN=Cc1ccc(Br)s1)NN=Cc1ccc(Br)s1. The number of amides is 2. The van der Waals surface area contributed by atoms with Gasteiger partial charge in [0.05, 0.1) is 20.0 Å². The van der Waals surface area contributed by atoms with Crippen molar-refractivity contribution in [3.8, 4) is 0 Å². The standard InChI is InChI=1S/C18H20Br2N4O2S2/c19-15-9-7-13(27-15)11-21-23-17(25)5-3-1-2-4-6-18(26)24-22-12-14-8-10-16(20)28-14/h7-12H,1-6H2,(H,23,25)(H,24,26). The van der Waals surface area contributed by atoms with Crippen molar-refractivity contribution in [2.24, 2.45) is 10.2 Å². The number of hydrogen-bond acceptors (Lipinski definition) is 6. The highest BCUT2D eigenvalue weighted by atomic mass is 79.9. The van der Waals surface area contributed by atoms with Crippen LogP contribution in [0.5, 0.6) is 0 Å². The molecule has 6 nitrogen and oxygen atoms in total. The minimum Gasteiger partial charge on any atom is -0.273 e. The second-order valence-electron chi connectivity index (χ2n) is 5.78. The average molecular weight is 548 g/mol. The van der Waals surface area contributed by atoms with Crippen molar-refractivity contribution in [1.82, 2.24) is 10.9 Å². The first kappa shape index (κ1) is 22.9. The van der Waals surface area contributed by atoms with E-state index in [9.17, 15) is 9.59 Å². The van der Waals surface area contributed by atoms with Crippen molar-refractivity contribution >= 4 is 78.8 Å². The van der Waals surface area contributed by atoms with Gasteiger partial charge in [-0.15, -0.1) is 22.7 Å². The molecule has 2 amide bonds. The van der Waals surface area contributed by atoms with Crippen molar-refractivity contribution in [1.29, 1.82) is 0 Å². The summed E-state index contributed by atoms with van der Waals surface area (Å²) in [6.45, 7) is 0. The highest BCUT2D eigenvalue weighted by Gasteiger charge is 2.02. The number of halogens is 2. The van der Waals surface area contributed by atoms with Crippen LogP contribution >= 0.6 is 54.5 Å². The summed E-state index contributed by atoms with van der Waals surface area (Å²) in [6, 6.07) is 7.72. The summed E-state index contributed by atoms with van der Waals surface area (Å²) in [4.78, 5) is 25.3. The molecule has 2 rings (SSSR count). The van der Waals surface area contributed by atoms with Crippen LogP contribution in [0.15, 0.2) is 42.0 Å². The van der Waals surface area contributed by atoms with Crippen LogP contribution in [0.4, 0.5) is 0 Å². The van der Waals surface area contributed by atoms with Crippen molar-refractivity contribution in [3.63, 3.8) is 0 Å². The van der Waals surface area contributed by atoms with Crippen LogP contribution in [0.3, 0.4) is 0 Å². The molecule has 0 aromatic carbocycles. The summed E-state index contributed by atoms with van der Waals surface area (Å²) in [5.41, 5.74) is 5.05. The molecule has 0 aliphatic rings. The van der Waals surface area contributed by atoms with Crippen LogP contribution in [-0.2, 0) is 9.59 Å². The van der Waals surface area contributed by atoms with Crippen molar-refractivity contribution in [2.45, 2.75) is 38.5 Å². The third-order valence-electron chi connectivity index (χ3n) is 3.51. The lowest BCUT2D eigenvalue weighted by molar-refractivity contribution is -0.122. The lowest BCUT2D eigenvalue weighted by Crippen LogP contribution is -2.17. The molecule has 2 N–H and O–H groups in total. The van der Waals surface area contributed by atoms with E-state index in [-0.39, 0.29) is 11.8 Å². The van der Waals surface area contributed by atoms with Gasteiger partial charge in [-0.3, -0.25) is 9.59 Å². The summed E-state index contributed by atoms with van der Waals surface area (Å²) in [6.07, 6.45) is 7.47. The molecule has 0 fully saturated rings. The second-order valence-corrected chi connectivity index (χ2v) is 10.8. The normalized spacial score (nSPS) is 11.4. The fourth-order valence-corrected chi connectivity index (χ4v) is 4.76. The van der Waals surface area contributed by atoms with Crippen molar-refractivity contribution in [3.05, 3.63) is 41.6 Å². The molecule has 0 aliphatic heterocycles. The Kier molecular flexibility index (Phi) is 10.6. The van der Waals surface area contributed by atoms with Crippen LogP contribution in [-0.4, -0.2) is 24.2 Å². The molecule has 2 aromatic rings. The van der Waals surface area contributed by atoms with E-state index in [1.807, 2.05) is 24.3 Å². The van der Waals surface area contributed by atoms with E-state index in [4.69, 9.17) is 0 Å². The Labute approximate surface area is 188 Å². The first-order valence-corrected chi connectivity index (χ1v) is 11.9. The molecule has 2 aromatic heterocycles. The molecule has 150 valence electrons. The Morgan fingerprint density at radius 3 is 1.57 bits per heavy atom. The zero-order valence-corrected chi connectivity index (χ0v) is 19.8. The Morgan fingerprint density at radius 2 is 1.21 bits per heavy atom. The van der Waals surface area contributed by atoms with E-state index in [0.29, 0.717) is 12.8 Å². The zero-order valence-electron chi connectivity index (χ0n) is 15.0. The van der Waals surface area contributed by atoms with Crippen LogP contribution in [0, 0.1) is 0 Å². The predicted molar refractivity (Wildman–Crippen MR) is 123 cm³/mol. The molecule has 0 saturated carbocycles. The van der Waals surface area contributed by atoms with Gasteiger partial charge in [0.2, 0.25) is 11.8 Å². The van der Waals surface area contributed by atoms with E-state index >= 15 is 0 Å². The Hall–Kier alpha value is -1.36. The second kappa shape index (κ2) is 13.0. The number of unbranched alkanes of at least 4 members (excludes halogenated alkanes) is 3. The topological polar surface area (TPSA) is 82.9 Å². The quantitative estimate of drug-likeness (QED) is 0.228. The van der Waals surface area contributed by atoms with Gasteiger partial charge in [-0.1, -0.05) is 12.8 Å². The van der Waals surface area contributed by atoms with Crippen molar-refractivity contribution in [2.75, 3.05) is 0 Å². The van der Waals surface area contributed by atoms with Gasteiger partial charge in [0.25, 0.3) is 0 Å². The average Bonchev–Trinajstić information content (AvgIpc) is 3.26. The molecular weight excluding hydrogens is 528 g/mol. The minimum atomic E-state index is -0.0980. The highest BCUT2D eigenvalue weighted by molar-refractivity contribution is 9.11. The molecule has 10 heteroatoms. The number of hydrogen-bond donors (Lipinski definition) is 2. The molecule has 0 aliphatic carbocycles. The first-order chi connectivity index (χ1) is 13.5. The maximum absolute atomic E-state index is 11.7. The van der Waals surface area contributed by atoms with Crippen LogP contribution in [0.25, 0.3) is 0 Å². The smallest absolute Gasteiger partial charge is 0.240 e. The van der Waals surface area contributed by atoms with E-state index in [2.05, 4.69) is 52.9 Å². The molecule has 0 unspecified atom stereocenters. The Balaban J connectivity index is 1.47. The van der Waals surface area contributed by atoms with E-state index in [1.165, 1.54) is 0 Å². The predicted octanol–water partition coefficient (Wildman–Crippen LogP) is 5.28. The molecule has 0 spiro atoms. The molecule has 28 heavy (non-hydrogen) atoms. The maximum Gasteiger partial charge on any atom is 0.240 e. The maximum atomic E-state index is 11.7. The Morgan fingerprint density at radius 1 is 0.786 bits per heavy atom. The first-order valence-electron chi connectivity index (χ1n) is 8.67. The third-order valence-corrected chi connectivity index (χ3v) is 6.62. The van der Waals surface area contributed by atoms with Crippen LogP contribution in [0.2, 0.25) is 0 Å². The number of thiophene rings is 2. The Bertz CT molecular complexity index is 765. The van der Waals surface area contributed by atoms with Gasteiger partial charge in [-0.25, -0.2) is 10.9 Å². The monoisotopic (exact) mass is 546 g/mol. The lowest BCUT2D eigenvalue weighted by Gasteiger charge is -2.01. The van der Waals surface area contributed by atoms with E-state index in [0.717, 1.165) is 43.0 Å². The molecule has 0 bridgehead atoms. The number of carbonyl (C=O) groups is 2. The van der Waals surface area contributed by atoms with E-state index < -0.39 is 0 Å². The van der Waals surface area contributed by atoms with Gasteiger partial charge in [0, 0.05) is 22.6 Å². The van der Waals surface area contributed by atoms with Gasteiger partial charge < -0.3 is 0 Å². The zero-order chi connectivity index (χ0) is 20.2. The summed E-state index contributed by atoms with van der Waals surface area (Å²) in [7, 11) is 0. The number of rotatable bonds is 11. The number of hydrazone groups is 2. The van der Waals surface area contributed by atoms with E-state index in [1.54, 1.807) is 35.1 Å².